The van der Waals surface area contributed by atoms with Gasteiger partial charge in [0.05, 0.1) is 11.9 Å². The molecule has 102 valence electrons. The van der Waals surface area contributed by atoms with Crippen LogP contribution in [0.25, 0.3) is 0 Å². The van der Waals surface area contributed by atoms with E-state index < -0.39 is 15.8 Å². The number of sulfonamides is 1. The second kappa shape index (κ2) is 5.00. The first-order valence-electron chi connectivity index (χ1n) is 5.71. The van der Waals surface area contributed by atoms with E-state index in [9.17, 15) is 12.8 Å². The van der Waals surface area contributed by atoms with Gasteiger partial charge in [0.2, 0.25) is 0 Å². The van der Waals surface area contributed by atoms with Crippen LogP contribution < -0.4 is 4.72 Å². The summed E-state index contributed by atoms with van der Waals surface area (Å²) in [5.41, 5.74) is -0.0835. The Morgan fingerprint density at radius 2 is 2.00 bits per heavy atom. The van der Waals surface area contributed by atoms with Gasteiger partial charge in [0, 0.05) is 12.2 Å². The number of rotatable bonds is 4. The summed E-state index contributed by atoms with van der Waals surface area (Å²) in [6, 6.07) is 5.65. The summed E-state index contributed by atoms with van der Waals surface area (Å²) in [4.78, 5) is 0.00412. The number of halogens is 1. The second-order valence-corrected chi connectivity index (χ2v) is 6.02. The highest BCUT2D eigenvalue weighted by Crippen LogP contribution is 2.19. The number of hydrogen-bond donors (Lipinski definition) is 1. The van der Waals surface area contributed by atoms with Crippen molar-refractivity contribution in [3.05, 3.63) is 42.5 Å². The molecule has 0 radical (unpaired) electrons. The van der Waals surface area contributed by atoms with E-state index in [1.54, 1.807) is 6.07 Å². The Balaban J connectivity index is 2.30. The van der Waals surface area contributed by atoms with E-state index in [1.807, 2.05) is 13.8 Å². The zero-order valence-electron chi connectivity index (χ0n) is 10.5. The minimum absolute atomic E-state index is 0.00412. The first-order chi connectivity index (χ1) is 8.90. The molecule has 5 nitrogen and oxygen atoms in total. The Labute approximate surface area is 111 Å². The number of hydrogen-bond acceptors (Lipinski definition) is 3. The van der Waals surface area contributed by atoms with E-state index in [0.29, 0.717) is 0 Å². The van der Waals surface area contributed by atoms with E-state index in [2.05, 4.69) is 9.82 Å². The topological polar surface area (TPSA) is 64.0 Å². The minimum Gasteiger partial charge on any atom is -0.277 e. The third-order valence-corrected chi connectivity index (χ3v) is 3.86. The lowest BCUT2D eigenvalue weighted by Gasteiger charge is -2.07. The molecule has 2 rings (SSSR count). The van der Waals surface area contributed by atoms with Gasteiger partial charge < -0.3 is 0 Å². The number of aromatic nitrogens is 2. The van der Waals surface area contributed by atoms with Crippen molar-refractivity contribution in [2.45, 2.75) is 24.8 Å². The molecule has 0 saturated carbocycles. The fourth-order valence-corrected chi connectivity index (χ4v) is 2.50. The van der Waals surface area contributed by atoms with Crippen molar-refractivity contribution in [2.75, 3.05) is 4.72 Å². The van der Waals surface area contributed by atoms with Gasteiger partial charge in [-0.2, -0.15) is 5.10 Å². The molecule has 1 aromatic heterocycles. The monoisotopic (exact) mass is 283 g/mol. The van der Waals surface area contributed by atoms with Gasteiger partial charge in [0.1, 0.15) is 10.7 Å². The van der Waals surface area contributed by atoms with Crippen LogP contribution in [0.3, 0.4) is 0 Å². The quantitative estimate of drug-likeness (QED) is 0.937. The molecule has 1 N–H and O–H groups in total. The van der Waals surface area contributed by atoms with Crippen LogP contribution in [0.1, 0.15) is 19.9 Å². The van der Waals surface area contributed by atoms with Crippen LogP contribution in [0.5, 0.6) is 0 Å². The van der Waals surface area contributed by atoms with Gasteiger partial charge in [-0.05, 0) is 26.0 Å². The maximum Gasteiger partial charge on any atom is 0.265 e. The Morgan fingerprint density at radius 1 is 1.32 bits per heavy atom. The molecule has 0 fully saturated rings. The van der Waals surface area contributed by atoms with Crippen molar-refractivity contribution in [1.29, 1.82) is 0 Å². The lowest BCUT2D eigenvalue weighted by Crippen LogP contribution is -2.13. The summed E-state index contributed by atoms with van der Waals surface area (Å²) in [6.07, 6.45) is 2.65. The summed E-state index contributed by atoms with van der Waals surface area (Å²) < 4.78 is 41.3. The van der Waals surface area contributed by atoms with Crippen molar-refractivity contribution < 1.29 is 12.8 Å². The van der Waals surface area contributed by atoms with Gasteiger partial charge in [0.25, 0.3) is 10.0 Å². The molecule has 0 aliphatic rings. The molecule has 7 heteroatoms. The summed E-state index contributed by atoms with van der Waals surface area (Å²) in [5, 5.41) is 3.95. The summed E-state index contributed by atoms with van der Waals surface area (Å²) in [5.74, 6) is -0.623. The van der Waals surface area contributed by atoms with Crippen LogP contribution in [0, 0.1) is 5.82 Å². The van der Waals surface area contributed by atoms with Crippen molar-refractivity contribution in [3.63, 3.8) is 0 Å². The Morgan fingerprint density at radius 3 is 2.58 bits per heavy atom. The smallest absolute Gasteiger partial charge is 0.265 e. The van der Waals surface area contributed by atoms with Crippen molar-refractivity contribution in [2.24, 2.45) is 0 Å². The van der Waals surface area contributed by atoms with Gasteiger partial charge in [-0.1, -0.05) is 12.1 Å². The first kappa shape index (κ1) is 13.5. The molecule has 0 bridgehead atoms. The predicted molar refractivity (Wildman–Crippen MR) is 69.8 cm³/mol. The molecule has 1 aromatic carbocycles. The zero-order chi connectivity index (χ0) is 14.0. The normalized spacial score (nSPS) is 11.8. The maximum absolute atomic E-state index is 13.4. The van der Waals surface area contributed by atoms with E-state index in [-0.39, 0.29) is 16.6 Å². The van der Waals surface area contributed by atoms with E-state index in [0.717, 1.165) is 0 Å². The van der Waals surface area contributed by atoms with Gasteiger partial charge in [-0.3, -0.25) is 9.40 Å². The zero-order valence-corrected chi connectivity index (χ0v) is 11.4. The Bertz CT molecular complexity index is 680. The molecular weight excluding hydrogens is 269 g/mol. The molecule has 2 aromatic rings. The Kier molecular flexibility index (Phi) is 3.57. The first-order valence-corrected chi connectivity index (χ1v) is 7.20. The van der Waals surface area contributed by atoms with Crippen LogP contribution in [-0.4, -0.2) is 18.2 Å². The van der Waals surface area contributed by atoms with Crippen LogP contribution >= 0.6 is 0 Å². The average molecular weight is 283 g/mol. The standard InChI is InChI=1S/C12H14FN3O2S/c1-9(2)16-8-10(7-14-16)19(17,18)15-12-6-4-3-5-11(12)13/h3-9,15H,1-2H3. The second-order valence-electron chi connectivity index (χ2n) is 4.34. The third kappa shape index (κ3) is 2.93. The van der Waals surface area contributed by atoms with Crippen LogP contribution in [0.15, 0.2) is 41.6 Å². The summed E-state index contributed by atoms with van der Waals surface area (Å²) in [7, 11) is -3.82. The Hall–Kier alpha value is -1.89. The van der Waals surface area contributed by atoms with Gasteiger partial charge in [0.15, 0.2) is 0 Å². The fraction of sp³-hybridized carbons (Fsp3) is 0.250. The predicted octanol–water partition coefficient (Wildman–Crippen LogP) is 2.40. The van der Waals surface area contributed by atoms with E-state index in [4.69, 9.17) is 0 Å². The molecule has 0 aliphatic carbocycles. The number of anilines is 1. The van der Waals surface area contributed by atoms with Crippen molar-refractivity contribution >= 4 is 15.7 Å². The molecule has 0 aliphatic heterocycles. The van der Waals surface area contributed by atoms with Gasteiger partial charge in [-0.25, -0.2) is 12.8 Å². The molecule has 0 spiro atoms. The van der Waals surface area contributed by atoms with Gasteiger partial charge in [-0.15, -0.1) is 0 Å². The minimum atomic E-state index is -3.82. The van der Waals surface area contributed by atoms with Crippen LogP contribution in [-0.2, 0) is 10.0 Å². The highest BCUT2D eigenvalue weighted by molar-refractivity contribution is 7.92. The van der Waals surface area contributed by atoms with Crippen LogP contribution in [0.2, 0.25) is 0 Å². The number of benzene rings is 1. The van der Waals surface area contributed by atoms with Gasteiger partial charge >= 0.3 is 0 Å². The highest BCUT2D eigenvalue weighted by Gasteiger charge is 2.18. The van der Waals surface area contributed by atoms with Crippen molar-refractivity contribution in [3.8, 4) is 0 Å². The van der Waals surface area contributed by atoms with Crippen LogP contribution in [0.4, 0.5) is 10.1 Å². The molecule has 0 atom stereocenters. The van der Waals surface area contributed by atoms with Crippen molar-refractivity contribution in [1.82, 2.24) is 9.78 Å². The number of nitrogens with one attached hydrogen (secondary N) is 1. The highest BCUT2D eigenvalue weighted by atomic mass is 32.2. The third-order valence-electron chi connectivity index (χ3n) is 2.54. The lowest BCUT2D eigenvalue weighted by atomic mass is 10.3. The number of para-hydroxylation sites is 1. The average Bonchev–Trinajstić information content (AvgIpc) is 2.82. The molecule has 0 saturated heterocycles. The molecule has 19 heavy (non-hydrogen) atoms. The summed E-state index contributed by atoms with van der Waals surface area (Å²) in [6.45, 7) is 3.77. The maximum atomic E-state index is 13.4. The SMILES string of the molecule is CC(C)n1cc(S(=O)(=O)Nc2ccccc2F)cn1. The molecule has 1 heterocycles. The molecule has 0 amide bonds. The molecular formula is C12H14FN3O2S. The largest absolute Gasteiger partial charge is 0.277 e. The van der Waals surface area contributed by atoms with E-state index in [1.165, 1.54) is 35.3 Å². The fourth-order valence-electron chi connectivity index (χ4n) is 1.49. The lowest BCUT2D eigenvalue weighted by molar-refractivity contribution is 0.531. The molecule has 0 unspecified atom stereocenters. The van der Waals surface area contributed by atoms with E-state index >= 15 is 0 Å². The summed E-state index contributed by atoms with van der Waals surface area (Å²) >= 11 is 0. The number of nitrogens with zero attached hydrogens (tertiary/aromatic N) is 2.